The Kier molecular flexibility index (Phi) is 7.48. The van der Waals surface area contributed by atoms with Gasteiger partial charge in [-0.3, -0.25) is 9.69 Å². The molecule has 2 bridgehead atoms. The lowest BCUT2D eigenvalue weighted by Crippen LogP contribution is -2.58. The second-order valence-corrected chi connectivity index (χ2v) is 12.9. The van der Waals surface area contributed by atoms with Crippen molar-refractivity contribution in [1.29, 1.82) is 0 Å². The number of piperidine rings is 1. The molecule has 0 radical (unpaired) electrons. The Morgan fingerprint density at radius 2 is 1.73 bits per heavy atom. The van der Waals surface area contributed by atoms with E-state index in [1.165, 1.54) is 60.2 Å². The van der Waals surface area contributed by atoms with Gasteiger partial charge in [-0.25, -0.2) is 0 Å². The van der Waals surface area contributed by atoms with E-state index in [9.17, 15) is 4.79 Å². The van der Waals surface area contributed by atoms with Crippen LogP contribution in [0.3, 0.4) is 0 Å². The molecule has 4 nitrogen and oxygen atoms in total. The molecule has 210 valence electrons. The highest BCUT2D eigenvalue weighted by molar-refractivity contribution is 5.94. The van der Waals surface area contributed by atoms with E-state index in [0.717, 1.165) is 30.1 Å². The molecule has 3 aliphatic rings. The molecule has 1 aliphatic heterocycles. The van der Waals surface area contributed by atoms with Crippen molar-refractivity contribution >= 4 is 5.91 Å². The van der Waals surface area contributed by atoms with Gasteiger partial charge in [-0.15, -0.1) is 0 Å². The fraction of sp³-hybridized carbons (Fsp3) is 0.472. The Morgan fingerprint density at radius 1 is 1.02 bits per heavy atom. The average Bonchev–Trinajstić information content (AvgIpc) is 3.77. The van der Waals surface area contributed by atoms with Crippen LogP contribution in [-0.2, 0) is 18.3 Å². The molecule has 1 heterocycles. The van der Waals surface area contributed by atoms with Crippen LogP contribution in [0, 0.1) is 11.8 Å². The van der Waals surface area contributed by atoms with Gasteiger partial charge in [-0.1, -0.05) is 56.3 Å². The molecule has 1 saturated heterocycles. The zero-order valence-corrected chi connectivity index (χ0v) is 24.6. The fourth-order valence-corrected chi connectivity index (χ4v) is 6.99. The van der Waals surface area contributed by atoms with Crippen molar-refractivity contribution in [2.45, 2.75) is 77.4 Å². The number of nitrogens with zero attached hydrogens (tertiary/aromatic N) is 1. The molecular formula is C36H44N2O2. The Hall–Kier alpha value is -3.11. The molecule has 3 atom stereocenters. The summed E-state index contributed by atoms with van der Waals surface area (Å²) in [5.74, 6) is 2.48. The first-order chi connectivity index (χ1) is 19.3. The quantitative estimate of drug-likeness (QED) is 0.319. The van der Waals surface area contributed by atoms with Gasteiger partial charge in [-0.05, 0) is 122 Å². The summed E-state index contributed by atoms with van der Waals surface area (Å²) in [5.41, 5.74) is 7.38. The molecule has 2 fully saturated rings. The zero-order valence-electron chi connectivity index (χ0n) is 24.6. The first-order valence-electron chi connectivity index (χ1n) is 15.3. The molecule has 2 aliphatic carbocycles. The third kappa shape index (κ3) is 5.56. The SMILES string of the molecule is CC(C)Oc1ccc(-c2ccc(CCNC(=O)c3ccc4c(c3)[C@]3(C)CCN(CC5CC5)[C@H](C4)[C@@H]3C)cc2)cc1. The van der Waals surface area contributed by atoms with Gasteiger partial charge in [0.05, 0.1) is 6.10 Å². The number of ether oxygens (including phenoxy) is 1. The molecule has 0 unspecified atom stereocenters. The first-order valence-corrected chi connectivity index (χ1v) is 15.3. The summed E-state index contributed by atoms with van der Waals surface area (Å²) in [6.45, 7) is 12.1. The molecule has 4 heteroatoms. The Balaban J connectivity index is 1.06. The minimum atomic E-state index is 0.0349. The molecule has 6 rings (SSSR count). The highest BCUT2D eigenvalue weighted by atomic mass is 16.5. The minimum absolute atomic E-state index is 0.0349. The number of carbonyl (C=O) groups is 1. The maximum Gasteiger partial charge on any atom is 0.251 e. The van der Waals surface area contributed by atoms with Gasteiger partial charge in [0.25, 0.3) is 5.91 Å². The van der Waals surface area contributed by atoms with Crippen LogP contribution >= 0.6 is 0 Å². The first kappa shape index (κ1) is 27.1. The van der Waals surface area contributed by atoms with Crippen molar-refractivity contribution in [3.8, 4) is 16.9 Å². The van der Waals surface area contributed by atoms with E-state index in [4.69, 9.17) is 4.74 Å². The maximum absolute atomic E-state index is 13.2. The number of amides is 1. The summed E-state index contributed by atoms with van der Waals surface area (Å²) in [4.78, 5) is 15.9. The van der Waals surface area contributed by atoms with Crippen LogP contribution < -0.4 is 10.1 Å². The molecule has 0 aromatic heterocycles. The van der Waals surface area contributed by atoms with Crippen LogP contribution in [0.25, 0.3) is 11.1 Å². The summed E-state index contributed by atoms with van der Waals surface area (Å²) >= 11 is 0. The van der Waals surface area contributed by atoms with Crippen LogP contribution in [0.15, 0.2) is 66.7 Å². The molecule has 3 aromatic carbocycles. The van der Waals surface area contributed by atoms with E-state index in [1.54, 1.807) is 0 Å². The summed E-state index contributed by atoms with van der Waals surface area (Å²) < 4.78 is 5.76. The van der Waals surface area contributed by atoms with Crippen LogP contribution in [0.2, 0.25) is 0 Å². The van der Waals surface area contributed by atoms with Crippen molar-refractivity contribution < 1.29 is 9.53 Å². The maximum atomic E-state index is 13.2. The number of rotatable bonds is 9. The van der Waals surface area contributed by atoms with E-state index in [0.29, 0.717) is 18.5 Å². The predicted molar refractivity (Wildman–Crippen MR) is 163 cm³/mol. The van der Waals surface area contributed by atoms with Gasteiger partial charge in [-0.2, -0.15) is 0 Å². The average molecular weight is 537 g/mol. The van der Waals surface area contributed by atoms with E-state index in [1.807, 2.05) is 32.0 Å². The molecular weight excluding hydrogens is 492 g/mol. The summed E-state index contributed by atoms with van der Waals surface area (Å²) in [6, 6.07) is 24.0. The van der Waals surface area contributed by atoms with E-state index in [2.05, 4.69) is 72.6 Å². The highest BCUT2D eigenvalue weighted by Crippen LogP contribution is 2.49. The summed E-state index contributed by atoms with van der Waals surface area (Å²) in [6.07, 6.45) is 6.11. The van der Waals surface area contributed by atoms with Gasteiger partial charge < -0.3 is 10.1 Å². The number of likely N-dealkylation sites (tertiary alicyclic amines) is 1. The number of nitrogens with one attached hydrogen (secondary N) is 1. The topological polar surface area (TPSA) is 41.6 Å². The van der Waals surface area contributed by atoms with E-state index >= 15 is 0 Å². The number of hydrogen-bond donors (Lipinski definition) is 1. The van der Waals surface area contributed by atoms with Gasteiger partial charge in [0.1, 0.15) is 5.75 Å². The van der Waals surface area contributed by atoms with Crippen LogP contribution in [0.5, 0.6) is 5.75 Å². The van der Waals surface area contributed by atoms with Crippen LogP contribution in [-0.4, -0.2) is 42.6 Å². The minimum Gasteiger partial charge on any atom is -0.491 e. The number of carbonyl (C=O) groups excluding carboxylic acids is 1. The van der Waals surface area contributed by atoms with Crippen LogP contribution in [0.1, 0.15) is 74.0 Å². The summed E-state index contributed by atoms with van der Waals surface area (Å²) in [5, 5.41) is 3.18. The van der Waals surface area contributed by atoms with Crippen molar-refractivity contribution in [2.24, 2.45) is 11.8 Å². The largest absolute Gasteiger partial charge is 0.491 e. The molecule has 1 saturated carbocycles. The van der Waals surface area contributed by atoms with E-state index in [-0.39, 0.29) is 17.4 Å². The molecule has 1 N–H and O–H groups in total. The smallest absolute Gasteiger partial charge is 0.251 e. The van der Waals surface area contributed by atoms with Gasteiger partial charge >= 0.3 is 0 Å². The summed E-state index contributed by atoms with van der Waals surface area (Å²) in [7, 11) is 0. The van der Waals surface area contributed by atoms with Crippen LogP contribution in [0.4, 0.5) is 0 Å². The van der Waals surface area contributed by atoms with Gasteiger partial charge in [0.2, 0.25) is 0 Å². The lowest BCUT2D eigenvalue weighted by molar-refractivity contribution is 0.0284. The number of fused-ring (bicyclic) bond motifs is 4. The standard InChI is InChI=1S/C36H44N2O2/c1-24(2)40-32-15-13-29(14-16-32)28-9-7-26(8-10-28)17-19-37-35(39)31-12-11-30-22-34-25(3)36(4,33(30)21-31)18-20-38(34)23-27-5-6-27/h7-16,21,24-25,27,34H,5-6,17-20,22-23H2,1-4H3,(H,37,39)/t25-,34+,36+/m0/s1. The Labute approximate surface area is 240 Å². The fourth-order valence-electron chi connectivity index (χ4n) is 6.99. The van der Waals surface area contributed by atoms with Crippen molar-refractivity contribution in [1.82, 2.24) is 10.2 Å². The Bertz CT molecular complexity index is 1340. The third-order valence-corrected chi connectivity index (χ3v) is 9.79. The highest BCUT2D eigenvalue weighted by Gasteiger charge is 2.49. The van der Waals surface area contributed by atoms with Crippen molar-refractivity contribution in [2.75, 3.05) is 19.6 Å². The van der Waals surface area contributed by atoms with Gasteiger partial charge in [0, 0.05) is 24.7 Å². The van der Waals surface area contributed by atoms with Gasteiger partial charge in [0.15, 0.2) is 0 Å². The normalized spacial score (nSPS) is 24.0. The molecule has 40 heavy (non-hydrogen) atoms. The zero-order chi connectivity index (χ0) is 27.9. The number of hydrogen-bond acceptors (Lipinski definition) is 3. The predicted octanol–water partition coefficient (Wildman–Crippen LogP) is 7.05. The molecule has 3 aromatic rings. The molecule has 0 spiro atoms. The lowest BCUT2D eigenvalue weighted by Gasteiger charge is -2.55. The monoisotopic (exact) mass is 536 g/mol. The van der Waals surface area contributed by atoms with E-state index < -0.39 is 0 Å². The number of benzene rings is 3. The second kappa shape index (κ2) is 11.0. The van der Waals surface area contributed by atoms with Crippen molar-refractivity contribution in [3.05, 3.63) is 89.0 Å². The third-order valence-electron chi connectivity index (χ3n) is 9.79. The second-order valence-electron chi connectivity index (χ2n) is 12.9. The Morgan fingerprint density at radius 3 is 2.40 bits per heavy atom. The molecule has 1 amide bonds. The lowest BCUT2D eigenvalue weighted by atomic mass is 9.59. The van der Waals surface area contributed by atoms with Crippen molar-refractivity contribution in [3.63, 3.8) is 0 Å².